The van der Waals surface area contributed by atoms with Gasteiger partial charge in [0.1, 0.15) is 0 Å². The molecule has 5 aromatic rings. The van der Waals surface area contributed by atoms with Gasteiger partial charge in [0.05, 0.1) is 17.3 Å². The number of nitrogens with one attached hydrogen (secondary N) is 1. The number of imidazole rings is 1. The molecule has 5 rings (SSSR count). The first-order valence-corrected chi connectivity index (χ1v) is 12.7. The molecular formula is C28H26ClN7O2. The van der Waals surface area contributed by atoms with Crippen LogP contribution in [0.3, 0.4) is 0 Å². The minimum atomic E-state index is -0.234. The predicted molar refractivity (Wildman–Crippen MR) is 146 cm³/mol. The summed E-state index contributed by atoms with van der Waals surface area (Å²) in [5, 5.41) is 14.7. The molecule has 1 N–H and O–H groups in total. The van der Waals surface area contributed by atoms with Gasteiger partial charge in [-0.15, -0.1) is 10.2 Å². The van der Waals surface area contributed by atoms with Gasteiger partial charge in [-0.05, 0) is 54.3 Å². The van der Waals surface area contributed by atoms with Crippen molar-refractivity contribution in [3.8, 4) is 28.2 Å². The lowest BCUT2D eigenvalue weighted by molar-refractivity contribution is 0.101. The Morgan fingerprint density at radius 1 is 1.08 bits per heavy atom. The average molecular weight is 528 g/mol. The second-order valence-electron chi connectivity index (χ2n) is 9.01. The standard InChI is InChI=1S/C28H26ClN7O2/c1-3-4-6-21-17-36(26-22(18(2)37)7-5-8-25(26)29)28(38)35(21)16-19-9-11-20(12-10-19)24-15-30-14-13-23(24)27-31-33-34-32-27/h5,7-15,17H,3-4,6,16H2,1-2H3,(H,31,32,33,34). The van der Waals surface area contributed by atoms with Crippen molar-refractivity contribution in [2.45, 2.75) is 39.7 Å². The van der Waals surface area contributed by atoms with E-state index in [1.165, 1.54) is 11.5 Å². The third-order valence-electron chi connectivity index (χ3n) is 6.47. The third kappa shape index (κ3) is 4.92. The molecule has 2 aromatic carbocycles. The van der Waals surface area contributed by atoms with Crippen LogP contribution in [0, 0.1) is 0 Å². The fourth-order valence-corrected chi connectivity index (χ4v) is 4.79. The second kappa shape index (κ2) is 10.9. The molecular weight excluding hydrogens is 502 g/mol. The molecule has 0 fully saturated rings. The fourth-order valence-electron chi connectivity index (χ4n) is 4.53. The summed E-state index contributed by atoms with van der Waals surface area (Å²) < 4.78 is 3.26. The number of nitrogens with zero attached hydrogens (tertiary/aromatic N) is 6. The highest BCUT2D eigenvalue weighted by atomic mass is 35.5. The lowest BCUT2D eigenvalue weighted by atomic mass is 10.0. The molecule has 0 bridgehead atoms. The van der Waals surface area contributed by atoms with Gasteiger partial charge in [0.15, 0.2) is 5.78 Å². The maximum atomic E-state index is 13.7. The SMILES string of the molecule is CCCCc1cn(-c2c(Cl)cccc2C(C)=O)c(=O)n1Cc1ccc(-c2cnccc2-c2nn[nH]n2)cc1. The summed E-state index contributed by atoms with van der Waals surface area (Å²) in [6.45, 7) is 3.97. The molecule has 38 heavy (non-hydrogen) atoms. The van der Waals surface area contributed by atoms with E-state index in [-0.39, 0.29) is 11.5 Å². The number of pyridine rings is 1. The quantitative estimate of drug-likeness (QED) is 0.266. The summed E-state index contributed by atoms with van der Waals surface area (Å²) in [4.78, 5) is 30.2. The number of hydrogen-bond acceptors (Lipinski definition) is 6. The first-order valence-electron chi connectivity index (χ1n) is 12.4. The Kier molecular flexibility index (Phi) is 7.28. The summed E-state index contributed by atoms with van der Waals surface area (Å²) in [7, 11) is 0. The van der Waals surface area contributed by atoms with Crippen molar-refractivity contribution in [3.63, 3.8) is 0 Å². The Morgan fingerprint density at radius 3 is 2.61 bits per heavy atom. The number of carbonyl (C=O) groups is 1. The lowest BCUT2D eigenvalue weighted by Gasteiger charge is -2.10. The van der Waals surface area contributed by atoms with E-state index in [0.717, 1.165) is 47.2 Å². The number of unbranched alkanes of at least 4 members (excludes halogenated alkanes) is 1. The largest absolute Gasteiger partial charge is 0.333 e. The summed E-state index contributed by atoms with van der Waals surface area (Å²) in [5.41, 5.74) is 5.09. The van der Waals surface area contributed by atoms with E-state index >= 15 is 0 Å². The number of rotatable bonds is 9. The van der Waals surface area contributed by atoms with Crippen molar-refractivity contribution in [1.82, 2.24) is 34.7 Å². The number of aromatic amines is 1. The minimum absolute atomic E-state index is 0.150. The smallest absolute Gasteiger partial charge is 0.294 e. The van der Waals surface area contributed by atoms with Gasteiger partial charge in [0.2, 0.25) is 5.82 Å². The van der Waals surface area contributed by atoms with Crippen LogP contribution in [-0.4, -0.2) is 40.5 Å². The molecule has 10 heteroatoms. The molecule has 0 radical (unpaired) electrons. The van der Waals surface area contributed by atoms with Gasteiger partial charge < -0.3 is 0 Å². The van der Waals surface area contributed by atoms with E-state index in [9.17, 15) is 9.59 Å². The molecule has 0 aliphatic carbocycles. The third-order valence-corrected chi connectivity index (χ3v) is 6.77. The van der Waals surface area contributed by atoms with Crippen molar-refractivity contribution in [2.24, 2.45) is 0 Å². The summed E-state index contributed by atoms with van der Waals surface area (Å²) in [5.74, 6) is 0.341. The molecule has 0 saturated carbocycles. The zero-order valence-corrected chi connectivity index (χ0v) is 21.8. The minimum Gasteiger partial charge on any atom is -0.294 e. The Balaban J connectivity index is 1.51. The van der Waals surface area contributed by atoms with Crippen molar-refractivity contribution in [1.29, 1.82) is 0 Å². The van der Waals surface area contributed by atoms with Crippen molar-refractivity contribution >= 4 is 17.4 Å². The summed E-state index contributed by atoms with van der Waals surface area (Å²) >= 11 is 6.49. The van der Waals surface area contributed by atoms with Crippen LogP contribution in [0.1, 0.15) is 48.3 Å². The van der Waals surface area contributed by atoms with Gasteiger partial charge >= 0.3 is 5.69 Å². The molecule has 9 nitrogen and oxygen atoms in total. The highest BCUT2D eigenvalue weighted by molar-refractivity contribution is 6.33. The molecule has 3 heterocycles. The Labute approximate surface area is 224 Å². The monoisotopic (exact) mass is 527 g/mol. The molecule has 0 aliphatic rings. The maximum absolute atomic E-state index is 13.7. The summed E-state index contributed by atoms with van der Waals surface area (Å²) in [6.07, 6.45) is 7.93. The van der Waals surface area contributed by atoms with Crippen LogP contribution in [0.25, 0.3) is 28.2 Å². The molecule has 0 spiro atoms. The Bertz CT molecular complexity index is 1640. The van der Waals surface area contributed by atoms with Gasteiger partial charge in [0.25, 0.3) is 0 Å². The van der Waals surface area contributed by atoms with Crippen molar-refractivity contribution in [3.05, 3.63) is 99.4 Å². The topological polar surface area (TPSA) is 111 Å². The highest BCUT2D eigenvalue weighted by Gasteiger charge is 2.19. The number of benzene rings is 2. The van der Waals surface area contributed by atoms with Crippen LogP contribution in [0.4, 0.5) is 0 Å². The molecule has 0 aliphatic heterocycles. The van der Waals surface area contributed by atoms with E-state index in [1.807, 2.05) is 36.5 Å². The van der Waals surface area contributed by atoms with Crippen LogP contribution in [-0.2, 0) is 13.0 Å². The van der Waals surface area contributed by atoms with Crippen LogP contribution in [0.15, 0.2) is 71.9 Å². The molecule has 0 unspecified atom stereocenters. The number of Topliss-reactive ketones (excluding diaryl/α,β-unsaturated/α-hetero) is 1. The van der Waals surface area contributed by atoms with E-state index < -0.39 is 0 Å². The highest BCUT2D eigenvalue weighted by Crippen LogP contribution is 2.29. The number of tetrazole rings is 1. The van der Waals surface area contributed by atoms with E-state index in [1.54, 1.807) is 35.2 Å². The van der Waals surface area contributed by atoms with Gasteiger partial charge in [-0.3, -0.25) is 18.9 Å². The molecule has 192 valence electrons. The van der Waals surface area contributed by atoms with E-state index in [2.05, 4.69) is 32.5 Å². The van der Waals surface area contributed by atoms with E-state index in [0.29, 0.717) is 28.6 Å². The number of para-hydroxylation sites is 1. The maximum Gasteiger partial charge on any atom is 0.333 e. The first kappa shape index (κ1) is 25.3. The number of aryl methyl sites for hydroxylation is 1. The number of carbonyl (C=O) groups excluding carboxylic acids is 1. The van der Waals surface area contributed by atoms with Crippen LogP contribution >= 0.6 is 11.6 Å². The number of aromatic nitrogens is 7. The number of halogens is 1. The normalized spacial score (nSPS) is 11.1. The zero-order valence-electron chi connectivity index (χ0n) is 21.1. The Morgan fingerprint density at radius 2 is 1.89 bits per heavy atom. The summed E-state index contributed by atoms with van der Waals surface area (Å²) in [6, 6.07) is 14.9. The molecule has 0 saturated heterocycles. The predicted octanol–water partition coefficient (Wildman–Crippen LogP) is 5.13. The number of H-pyrrole nitrogens is 1. The van der Waals surface area contributed by atoms with Gasteiger partial charge in [0, 0.05) is 41.0 Å². The van der Waals surface area contributed by atoms with Crippen LogP contribution in [0.5, 0.6) is 0 Å². The Hall–Kier alpha value is -4.37. The molecule has 0 atom stereocenters. The van der Waals surface area contributed by atoms with Crippen LogP contribution in [0.2, 0.25) is 5.02 Å². The average Bonchev–Trinajstić information content (AvgIpc) is 3.57. The second-order valence-corrected chi connectivity index (χ2v) is 9.42. The lowest BCUT2D eigenvalue weighted by Crippen LogP contribution is -2.25. The van der Waals surface area contributed by atoms with Crippen LogP contribution < -0.4 is 5.69 Å². The fraction of sp³-hybridized carbons (Fsp3) is 0.214. The van der Waals surface area contributed by atoms with E-state index in [4.69, 9.17) is 11.6 Å². The zero-order chi connectivity index (χ0) is 26.6. The van der Waals surface area contributed by atoms with Gasteiger partial charge in [-0.2, -0.15) is 5.21 Å². The van der Waals surface area contributed by atoms with Crippen molar-refractivity contribution in [2.75, 3.05) is 0 Å². The molecule has 3 aromatic heterocycles. The molecule has 0 amide bonds. The van der Waals surface area contributed by atoms with Crippen molar-refractivity contribution < 1.29 is 4.79 Å². The first-order chi connectivity index (χ1) is 18.5. The van der Waals surface area contributed by atoms with Gasteiger partial charge in [-0.25, -0.2) is 4.79 Å². The number of hydrogen-bond donors (Lipinski definition) is 1. The van der Waals surface area contributed by atoms with Gasteiger partial charge in [-0.1, -0.05) is 55.3 Å². The number of ketones is 1.